The predicted molar refractivity (Wildman–Crippen MR) is 77.4 cm³/mol. The van der Waals surface area contributed by atoms with Gasteiger partial charge in [0.2, 0.25) is 10.0 Å². The molecule has 0 aliphatic rings. The maximum atomic E-state index is 13.5. The fourth-order valence-electron chi connectivity index (χ4n) is 1.67. The Labute approximate surface area is 126 Å². The van der Waals surface area contributed by atoms with Crippen LogP contribution in [0, 0.1) is 5.82 Å². The van der Waals surface area contributed by atoms with Crippen LogP contribution in [0.4, 0.5) is 4.39 Å². The second-order valence-electron chi connectivity index (χ2n) is 4.22. The van der Waals surface area contributed by atoms with Crippen molar-refractivity contribution in [3.63, 3.8) is 0 Å². The zero-order valence-electron chi connectivity index (χ0n) is 11.1. The molecule has 1 heterocycles. The Balaban J connectivity index is 2.10. The van der Waals surface area contributed by atoms with E-state index in [1.807, 2.05) is 0 Å². The number of halogens is 1. The summed E-state index contributed by atoms with van der Waals surface area (Å²) in [7, 11) is -2.60. The lowest BCUT2D eigenvalue weighted by atomic mass is 10.2. The van der Waals surface area contributed by atoms with Gasteiger partial charge < -0.3 is 9.84 Å². The number of thiophene rings is 1. The number of sulfonamides is 1. The SMILES string of the molecule is COc1ccc(S(=O)(=O)NCC(O)c2ccsc2)cc1F. The molecule has 0 radical (unpaired) electrons. The molecule has 5 nitrogen and oxygen atoms in total. The molecule has 1 atom stereocenters. The van der Waals surface area contributed by atoms with Crippen LogP contribution < -0.4 is 9.46 Å². The molecule has 0 amide bonds. The van der Waals surface area contributed by atoms with Crippen LogP contribution in [0.15, 0.2) is 39.9 Å². The fraction of sp³-hybridized carbons (Fsp3) is 0.231. The van der Waals surface area contributed by atoms with E-state index >= 15 is 0 Å². The summed E-state index contributed by atoms with van der Waals surface area (Å²) in [5.41, 5.74) is 0.628. The molecule has 0 aliphatic heterocycles. The lowest BCUT2D eigenvalue weighted by Crippen LogP contribution is -2.28. The minimum absolute atomic E-state index is 0.0349. The molecule has 0 aliphatic carbocycles. The molecule has 0 bridgehead atoms. The molecule has 2 N–H and O–H groups in total. The number of methoxy groups -OCH3 is 1. The highest BCUT2D eigenvalue weighted by Gasteiger charge is 2.18. The summed E-state index contributed by atoms with van der Waals surface area (Å²) in [6.45, 7) is -0.188. The highest BCUT2D eigenvalue weighted by molar-refractivity contribution is 7.89. The van der Waals surface area contributed by atoms with Crippen LogP contribution in [-0.4, -0.2) is 27.2 Å². The van der Waals surface area contributed by atoms with Crippen LogP contribution in [0.25, 0.3) is 0 Å². The van der Waals surface area contributed by atoms with Gasteiger partial charge in [0, 0.05) is 6.54 Å². The van der Waals surface area contributed by atoms with Crippen LogP contribution in [0.5, 0.6) is 5.75 Å². The van der Waals surface area contributed by atoms with Crippen molar-refractivity contribution in [2.45, 2.75) is 11.0 Å². The molecule has 114 valence electrons. The first-order valence-electron chi connectivity index (χ1n) is 5.97. The molecule has 0 fully saturated rings. The predicted octanol–water partition coefficient (Wildman–Crippen LogP) is 1.91. The van der Waals surface area contributed by atoms with Crippen molar-refractivity contribution in [3.05, 3.63) is 46.4 Å². The van der Waals surface area contributed by atoms with Crippen LogP contribution in [0.2, 0.25) is 0 Å². The van der Waals surface area contributed by atoms with Crippen molar-refractivity contribution < 1.29 is 22.7 Å². The molecule has 0 saturated heterocycles. The number of benzene rings is 1. The van der Waals surface area contributed by atoms with Crippen molar-refractivity contribution in [2.24, 2.45) is 0 Å². The van der Waals surface area contributed by atoms with Gasteiger partial charge in [-0.1, -0.05) is 0 Å². The maximum absolute atomic E-state index is 13.5. The van der Waals surface area contributed by atoms with Gasteiger partial charge in [-0.05, 0) is 40.6 Å². The molecule has 2 rings (SSSR count). The minimum Gasteiger partial charge on any atom is -0.494 e. The Morgan fingerprint density at radius 3 is 2.76 bits per heavy atom. The van der Waals surface area contributed by atoms with Gasteiger partial charge in [0.1, 0.15) is 0 Å². The number of hydrogen-bond acceptors (Lipinski definition) is 5. The molecule has 8 heteroatoms. The van der Waals surface area contributed by atoms with Gasteiger partial charge >= 0.3 is 0 Å². The van der Waals surface area contributed by atoms with E-state index in [2.05, 4.69) is 4.72 Å². The lowest BCUT2D eigenvalue weighted by Gasteiger charge is -2.11. The average molecular weight is 331 g/mol. The summed E-state index contributed by atoms with van der Waals surface area (Å²) >= 11 is 1.40. The molecule has 0 saturated carbocycles. The summed E-state index contributed by atoms with van der Waals surface area (Å²) in [4.78, 5) is -0.224. The third-order valence-electron chi connectivity index (χ3n) is 2.83. The third kappa shape index (κ3) is 3.79. The molecule has 21 heavy (non-hydrogen) atoms. The highest BCUT2D eigenvalue weighted by Crippen LogP contribution is 2.21. The molecular formula is C13H14FNO4S2. The van der Waals surface area contributed by atoms with Gasteiger partial charge in [0.25, 0.3) is 0 Å². The van der Waals surface area contributed by atoms with Crippen LogP contribution in [0.1, 0.15) is 11.7 Å². The van der Waals surface area contributed by atoms with Crippen molar-refractivity contribution in [1.29, 1.82) is 0 Å². The summed E-state index contributed by atoms with van der Waals surface area (Å²) < 4.78 is 44.6. The number of rotatable bonds is 6. The van der Waals surface area contributed by atoms with Crippen molar-refractivity contribution in [2.75, 3.05) is 13.7 Å². The van der Waals surface area contributed by atoms with Gasteiger partial charge in [-0.25, -0.2) is 17.5 Å². The summed E-state index contributed by atoms with van der Waals surface area (Å²) in [6, 6.07) is 5.05. The van der Waals surface area contributed by atoms with Gasteiger partial charge in [-0.3, -0.25) is 0 Å². The molecule has 0 spiro atoms. The topological polar surface area (TPSA) is 75.6 Å². The van der Waals surface area contributed by atoms with Crippen LogP contribution in [-0.2, 0) is 10.0 Å². The Morgan fingerprint density at radius 1 is 1.43 bits per heavy atom. The van der Waals surface area contributed by atoms with E-state index in [0.29, 0.717) is 5.56 Å². The van der Waals surface area contributed by atoms with E-state index in [1.165, 1.54) is 30.6 Å². The summed E-state index contributed by atoms with van der Waals surface area (Å²) in [6.07, 6.45) is -0.950. The Kier molecular flexibility index (Phi) is 4.94. The van der Waals surface area contributed by atoms with Gasteiger partial charge in [0.05, 0.1) is 18.1 Å². The first kappa shape index (κ1) is 15.9. The van der Waals surface area contributed by atoms with E-state index < -0.39 is 21.9 Å². The van der Waals surface area contributed by atoms with Crippen LogP contribution >= 0.6 is 11.3 Å². The molecule has 2 aromatic rings. The lowest BCUT2D eigenvalue weighted by molar-refractivity contribution is 0.182. The zero-order valence-corrected chi connectivity index (χ0v) is 12.7. The average Bonchev–Trinajstić information content (AvgIpc) is 2.99. The first-order valence-corrected chi connectivity index (χ1v) is 8.40. The first-order chi connectivity index (χ1) is 9.94. The van der Waals surface area contributed by atoms with E-state index in [-0.39, 0.29) is 17.2 Å². The summed E-state index contributed by atoms with van der Waals surface area (Å²) in [5.74, 6) is -0.800. The largest absolute Gasteiger partial charge is 0.494 e. The fourth-order valence-corrected chi connectivity index (χ4v) is 3.43. The monoisotopic (exact) mass is 331 g/mol. The van der Waals surface area contributed by atoms with Crippen LogP contribution in [0.3, 0.4) is 0 Å². The number of ether oxygens (including phenoxy) is 1. The molecule has 1 unspecified atom stereocenters. The van der Waals surface area contributed by atoms with E-state index in [4.69, 9.17) is 4.74 Å². The third-order valence-corrected chi connectivity index (χ3v) is 4.95. The Hall–Kier alpha value is -1.48. The van der Waals surface area contributed by atoms with Gasteiger partial charge in [-0.15, -0.1) is 0 Å². The van der Waals surface area contributed by atoms with E-state index in [9.17, 15) is 17.9 Å². The number of aliphatic hydroxyl groups is 1. The summed E-state index contributed by atoms with van der Waals surface area (Å²) in [5, 5.41) is 13.4. The quantitative estimate of drug-likeness (QED) is 0.848. The maximum Gasteiger partial charge on any atom is 0.240 e. The van der Waals surface area contributed by atoms with Gasteiger partial charge in [-0.2, -0.15) is 11.3 Å². The normalized spacial score (nSPS) is 13.1. The number of nitrogens with one attached hydrogen (secondary N) is 1. The number of aliphatic hydroxyl groups excluding tert-OH is 1. The molecular weight excluding hydrogens is 317 g/mol. The zero-order chi connectivity index (χ0) is 15.5. The van der Waals surface area contributed by atoms with Crippen molar-refractivity contribution >= 4 is 21.4 Å². The Morgan fingerprint density at radius 2 is 2.19 bits per heavy atom. The smallest absolute Gasteiger partial charge is 0.240 e. The highest BCUT2D eigenvalue weighted by atomic mass is 32.2. The second kappa shape index (κ2) is 6.52. The van der Waals surface area contributed by atoms with E-state index in [0.717, 1.165) is 6.07 Å². The standard InChI is InChI=1S/C13H14FNO4S2/c1-19-13-3-2-10(6-11(13)14)21(17,18)15-7-12(16)9-4-5-20-8-9/h2-6,8,12,15-16H,7H2,1H3. The van der Waals surface area contributed by atoms with Crippen molar-refractivity contribution in [3.8, 4) is 5.75 Å². The molecule has 1 aromatic carbocycles. The second-order valence-corrected chi connectivity index (χ2v) is 6.77. The van der Waals surface area contributed by atoms with Crippen molar-refractivity contribution in [1.82, 2.24) is 4.72 Å². The number of hydrogen-bond donors (Lipinski definition) is 2. The minimum atomic E-state index is -3.90. The Bertz CT molecular complexity index is 701. The van der Waals surface area contributed by atoms with Gasteiger partial charge in [0.15, 0.2) is 11.6 Å². The molecule has 1 aromatic heterocycles. The van der Waals surface area contributed by atoms with E-state index in [1.54, 1.807) is 16.8 Å².